The molecule has 0 aliphatic carbocycles. The molecule has 210 valence electrons. The number of furan rings is 1. The van der Waals surface area contributed by atoms with Crippen LogP contribution in [0.5, 0.6) is 23.5 Å². The standard InChI is InChI=1S/C27H37N5O6Si/c1-9-21(33)32(16-15-31(2)3)27-29-25(35-4)23(26(30-27)36-5)28-24(34)20-13-14-22(38-20)37-18-11-10-12-19(17-18)39(6,7)8/h10-14,17H,9,15-16H2,1-8H3,(H,28,34). The fourth-order valence-corrected chi connectivity index (χ4v) is 4.75. The van der Waals surface area contributed by atoms with Crippen molar-refractivity contribution < 1.29 is 28.2 Å². The Morgan fingerprint density at radius 3 is 2.23 bits per heavy atom. The van der Waals surface area contributed by atoms with Crippen molar-refractivity contribution in [1.29, 1.82) is 0 Å². The summed E-state index contributed by atoms with van der Waals surface area (Å²) in [5.41, 5.74) is 0.104. The third-order valence-corrected chi connectivity index (χ3v) is 7.84. The molecule has 1 N–H and O–H groups in total. The minimum atomic E-state index is -1.52. The van der Waals surface area contributed by atoms with E-state index >= 15 is 0 Å². The van der Waals surface area contributed by atoms with Crippen molar-refractivity contribution in [2.75, 3.05) is 51.6 Å². The monoisotopic (exact) mass is 555 g/mol. The first kappa shape index (κ1) is 29.6. The highest BCUT2D eigenvalue weighted by Gasteiger charge is 2.25. The maximum Gasteiger partial charge on any atom is 0.291 e. The van der Waals surface area contributed by atoms with E-state index in [1.807, 2.05) is 37.2 Å². The van der Waals surface area contributed by atoms with Crippen LogP contribution in [0, 0.1) is 0 Å². The molecule has 0 saturated carbocycles. The first-order chi connectivity index (χ1) is 18.5. The number of amides is 2. The molecule has 0 unspecified atom stereocenters. The van der Waals surface area contributed by atoms with Crippen LogP contribution >= 0.6 is 0 Å². The van der Waals surface area contributed by atoms with E-state index in [-0.39, 0.29) is 47.4 Å². The largest absolute Gasteiger partial charge is 0.479 e. The van der Waals surface area contributed by atoms with Gasteiger partial charge in [0.2, 0.25) is 23.6 Å². The van der Waals surface area contributed by atoms with Gasteiger partial charge >= 0.3 is 0 Å². The third kappa shape index (κ3) is 7.58. The van der Waals surface area contributed by atoms with Crippen LogP contribution < -0.4 is 29.6 Å². The number of aromatic nitrogens is 2. The van der Waals surface area contributed by atoms with Crippen molar-refractivity contribution in [3.05, 3.63) is 42.2 Å². The van der Waals surface area contributed by atoms with Crippen molar-refractivity contribution in [3.8, 4) is 23.5 Å². The fraction of sp³-hybridized carbons (Fsp3) is 0.407. The zero-order valence-corrected chi connectivity index (χ0v) is 24.8. The lowest BCUT2D eigenvalue weighted by molar-refractivity contribution is -0.118. The van der Waals surface area contributed by atoms with Gasteiger partial charge in [-0.1, -0.05) is 43.9 Å². The number of carbonyl (C=O) groups excluding carboxylic acids is 2. The molecule has 0 radical (unpaired) electrons. The Bertz CT molecular complexity index is 1280. The summed E-state index contributed by atoms with van der Waals surface area (Å²) in [6.45, 7) is 9.49. The lowest BCUT2D eigenvalue weighted by Gasteiger charge is -2.23. The Balaban J connectivity index is 1.84. The second-order valence-electron chi connectivity index (χ2n) is 10.1. The van der Waals surface area contributed by atoms with Gasteiger partial charge in [0.15, 0.2) is 11.4 Å². The maximum absolute atomic E-state index is 13.1. The van der Waals surface area contributed by atoms with Crippen LogP contribution in [-0.2, 0) is 4.79 Å². The van der Waals surface area contributed by atoms with Crippen molar-refractivity contribution in [3.63, 3.8) is 0 Å². The zero-order chi connectivity index (χ0) is 28.7. The van der Waals surface area contributed by atoms with Crippen molar-refractivity contribution in [1.82, 2.24) is 14.9 Å². The molecule has 0 aliphatic rings. The lowest BCUT2D eigenvalue weighted by atomic mass is 10.3. The first-order valence-corrected chi connectivity index (χ1v) is 16.1. The number of ether oxygens (including phenoxy) is 3. The Kier molecular flexibility index (Phi) is 9.70. The van der Waals surface area contributed by atoms with E-state index < -0.39 is 14.0 Å². The molecule has 2 aromatic heterocycles. The van der Waals surface area contributed by atoms with E-state index in [1.165, 1.54) is 30.4 Å². The Hall–Kier alpha value is -3.90. The molecule has 2 heterocycles. The van der Waals surface area contributed by atoms with Gasteiger partial charge in [0, 0.05) is 25.6 Å². The number of nitrogens with one attached hydrogen (secondary N) is 1. The maximum atomic E-state index is 13.1. The molecular formula is C27H37N5O6Si. The van der Waals surface area contributed by atoms with Gasteiger partial charge in [-0.2, -0.15) is 9.97 Å². The van der Waals surface area contributed by atoms with Crippen LogP contribution in [0.1, 0.15) is 23.9 Å². The average Bonchev–Trinajstić information content (AvgIpc) is 3.37. The number of rotatable bonds is 12. The molecule has 0 fully saturated rings. The minimum Gasteiger partial charge on any atom is -0.479 e. The Morgan fingerprint density at radius 1 is 1.00 bits per heavy atom. The van der Waals surface area contributed by atoms with Gasteiger partial charge < -0.3 is 28.8 Å². The lowest BCUT2D eigenvalue weighted by Crippen LogP contribution is -2.37. The Morgan fingerprint density at radius 2 is 1.67 bits per heavy atom. The zero-order valence-electron chi connectivity index (χ0n) is 23.8. The Labute approximate surface area is 230 Å². The molecule has 0 spiro atoms. The SMILES string of the molecule is CCC(=O)N(CCN(C)C)c1nc(OC)c(NC(=O)c2ccc(Oc3cccc([Si](C)(C)C)c3)o2)c(OC)n1. The molecular weight excluding hydrogens is 518 g/mol. The topological polar surface area (TPSA) is 119 Å². The quantitative estimate of drug-likeness (QED) is 0.331. The molecule has 1 aromatic carbocycles. The van der Waals surface area contributed by atoms with Gasteiger partial charge in [0.05, 0.1) is 22.3 Å². The molecule has 3 rings (SSSR count). The van der Waals surface area contributed by atoms with E-state index in [0.29, 0.717) is 18.8 Å². The third-order valence-electron chi connectivity index (χ3n) is 5.80. The normalized spacial score (nSPS) is 11.3. The molecule has 11 nitrogen and oxygen atoms in total. The average molecular weight is 556 g/mol. The summed E-state index contributed by atoms with van der Waals surface area (Å²) in [6.07, 6.45) is 0.269. The van der Waals surface area contributed by atoms with Gasteiger partial charge in [0.1, 0.15) is 5.75 Å². The predicted octanol–water partition coefficient (Wildman–Crippen LogP) is 3.98. The van der Waals surface area contributed by atoms with Crippen LogP contribution in [-0.4, -0.2) is 76.2 Å². The number of methoxy groups -OCH3 is 2. The number of carbonyl (C=O) groups is 2. The molecule has 12 heteroatoms. The first-order valence-electron chi connectivity index (χ1n) is 12.6. The number of hydrogen-bond donors (Lipinski definition) is 1. The highest BCUT2D eigenvalue weighted by Crippen LogP contribution is 2.34. The summed E-state index contributed by atoms with van der Waals surface area (Å²) in [4.78, 5) is 37.9. The molecule has 0 bridgehead atoms. The van der Waals surface area contributed by atoms with Crippen LogP contribution in [0.15, 0.2) is 40.8 Å². The van der Waals surface area contributed by atoms with E-state index in [2.05, 4.69) is 41.0 Å². The van der Waals surface area contributed by atoms with Crippen LogP contribution in [0.3, 0.4) is 0 Å². The van der Waals surface area contributed by atoms with Crippen LogP contribution in [0.4, 0.5) is 11.6 Å². The molecule has 39 heavy (non-hydrogen) atoms. The molecule has 3 aromatic rings. The van der Waals surface area contributed by atoms with E-state index in [1.54, 1.807) is 13.0 Å². The van der Waals surface area contributed by atoms with Gasteiger partial charge in [-0.25, -0.2) is 0 Å². The smallest absolute Gasteiger partial charge is 0.291 e. The second-order valence-corrected chi connectivity index (χ2v) is 15.1. The second kappa shape index (κ2) is 12.8. The van der Waals surface area contributed by atoms with Crippen molar-refractivity contribution >= 4 is 36.7 Å². The predicted molar refractivity (Wildman–Crippen MR) is 152 cm³/mol. The highest BCUT2D eigenvalue weighted by molar-refractivity contribution is 6.88. The van der Waals surface area contributed by atoms with Gasteiger partial charge in [-0.15, -0.1) is 0 Å². The van der Waals surface area contributed by atoms with Crippen LogP contribution in [0.25, 0.3) is 0 Å². The summed E-state index contributed by atoms with van der Waals surface area (Å²) >= 11 is 0. The van der Waals surface area contributed by atoms with Crippen molar-refractivity contribution in [2.45, 2.75) is 33.0 Å². The van der Waals surface area contributed by atoms with Crippen molar-refractivity contribution in [2.24, 2.45) is 0 Å². The summed E-state index contributed by atoms with van der Waals surface area (Å²) in [7, 11) is 5.10. The molecule has 0 saturated heterocycles. The number of hydrogen-bond acceptors (Lipinski definition) is 9. The summed E-state index contributed by atoms with van der Waals surface area (Å²) in [6, 6.07) is 10.9. The number of nitrogens with zero attached hydrogens (tertiary/aromatic N) is 4. The van der Waals surface area contributed by atoms with E-state index in [0.717, 1.165) is 0 Å². The van der Waals surface area contributed by atoms with Gasteiger partial charge in [-0.3, -0.25) is 14.5 Å². The summed E-state index contributed by atoms with van der Waals surface area (Å²) in [5.74, 6) is 0.263. The van der Waals surface area contributed by atoms with Gasteiger partial charge in [0.25, 0.3) is 11.9 Å². The number of likely N-dealkylation sites (N-methyl/N-ethyl adjacent to an activating group) is 1. The summed E-state index contributed by atoms with van der Waals surface area (Å²) in [5, 5.41) is 3.94. The number of benzene rings is 1. The van der Waals surface area contributed by atoms with E-state index in [4.69, 9.17) is 18.6 Å². The molecule has 2 amide bonds. The minimum absolute atomic E-state index is 0.00769. The molecule has 0 aliphatic heterocycles. The molecule has 0 atom stereocenters. The summed E-state index contributed by atoms with van der Waals surface area (Å²) < 4.78 is 22.4. The van der Waals surface area contributed by atoms with Gasteiger partial charge in [-0.05, 0) is 32.3 Å². The fourth-order valence-electron chi connectivity index (χ4n) is 3.57. The number of anilines is 2. The van der Waals surface area contributed by atoms with E-state index in [9.17, 15) is 9.59 Å². The highest BCUT2D eigenvalue weighted by atomic mass is 28.3. The van der Waals surface area contributed by atoms with Crippen LogP contribution in [0.2, 0.25) is 19.6 Å².